The van der Waals surface area contributed by atoms with Gasteiger partial charge in [0, 0.05) is 6.54 Å². The molecule has 2 rings (SSSR count). The molecule has 22 heavy (non-hydrogen) atoms. The molecule has 1 unspecified atom stereocenters. The first-order valence-corrected chi connectivity index (χ1v) is 8.63. The van der Waals surface area contributed by atoms with E-state index in [0.717, 1.165) is 25.6 Å². The first kappa shape index (κ1) is 17.5. The van der Waals surface area contributed by atoms with Gasteiger partial charge < -0.3 is 5.32 Å². The fourth-order valence-corrected chi connectivity index (χ4v) is 3.92. The van der Waals surface area contributed by atoms with Crippen molar-refractivity contribution in [2.45, 2.75) is 23.9 Å². The van der Waals surface area contributed by atoms with E-state index in [-0.39, 0.29) is 11.4 Å². The Balaban J connectivity index is 2.05. The van der Waals surface area contributed by atoms with Crippen LogP contribution in [-0.2, 0) is 16.2 Å². The second-order valence-corrected chi connectivity index (χ2v) is 7.33. The molecular weight excluding hydrogens is 341 g/mol. The molecule has 0 aromatic heterocycles. The van der Waals surface area contributed by atoms with Crippen LogP contribution < -0.4 is 10.0 Å². The van der Waals surface area contributed by atoms with Crippen molar-refractivity contribution in [3.8, 4) is 0 Å². The normalized spacial score (nSPS) is 19.5. The third kappa shape index (κ3) is 4.34. The van der Waals surface area contributed by atoms with E-state index in [1.165, 1.54) is 0 Å². The number of rotatable bonds is 5. The van der Waals surface area contributed by atoms with Crippen LogP contribution >= 0.6 is 11.6 Å². The highest BCUT2D eigenvalue weighted by molar-refractivity contribution is 7.89. The monoisotopic (exact) mass is 356 g/mol. The summed E-state index contributed by atoms with van der Waals surface area (Å²) in [7, 11) is -3.91. The first-order chi connectivity index (χ1) is 10.2. The van der Waals surface area contributed by atoms with E-state index >= 15 is 0 Å². The highest BCUT2D eigenvalue weighted by atomic mass is 35.5. The summed E-state index contributed by atoms with van der Waals surface area (Å²) in [5, 5.41) is 2.74. The predicted octanol–water partition coefficient (Wildman–Crippen LogP) is 2.64. The summed E-state index contributed by atoms with van der Waals surface area (Å²) in [5.41, 5.74) is -0.978. The lowest BCUT2D eigenvalue weighted by Gasteiger charge is -2.12. The van der Waals surface area contributed by atoms with Crippen LogP contribution in [0.3, 0.4) is 0 Å². The number of hydrogen-bond acceptors (Lipinski definition) is 3. The quantitative estimate of drug-likeness (QED) is 0.852. The lowest BCUT2D eigenvalue weighted by molar-refractivity contribution is -0.137. The van der Waals surface area contributed by atoms with Crippen LogP contribution in [-0.4, -0.2) is 28.1 Å². The molecule has 0 bridgehead atoms. The fourth-order valence-electron chi connectivity index (χ4n) is 2.33. The fraction of sp³-hybridized carbons (Fsp3) is 0.538. The van der Waals surface area contributed by atoms with Gasteiger partial charge in [0.15, 0.2) is 0 Å². The molecule has 0 aliphatic carbocycles. The third-order valence-electron chi connectivity index (χ3n) is 3.56. The molecule has 4 nitrogen and oxygen atoms in total. The number of sulfonamides is 1. The molecule has 1 saturated heterocycles. The molecule has 1 fully saturated rings. The summed E-state index contributed by atoms with van der Waals surface area (Å²) >= 11 is 5.70. The number of benzene rings is 1. The molecule has 1 aliphatic rings. The largest absolute Gasteiger partial charge is 0.416 e. The smallest absolute Gasteiger partial charge is 0.316 e. The molecule has 0 spiro atoms. The Morgan fingerprint density at radius 1 is 1.36 bits per heavy atom. The van der Waals surface area contributed by atoms with Crippen molar-refractivity contribution in [2.24, 2.45) is 5.92 Å². The van der Waals surface area contributed by atoms with Gasteiger partial charge in [-0.3, -0.25) is 0 Å². The highest BCUT2D eigenvalue weighted by Gasteiger charge is 2.32. The van der Waals surface area contributed by atoms with E-state index in [1.54, 1.807) is 0 Å². The second kappa shape index (κ2) is 6.74. The maximum atomic E-state index is 12.5. The van der Waals surface area contributed by atoms with Gasteiger partial charge in [-0.05, 0) is 50.0 Å². The van der Waals surface area contributed by atoms with E-state index < -0.39 is 26.8 Å². The van der Waals surface area contributed by atoms with E-state index in [2.05, 4.69) is 10.0 Å². The minimum Gasteiger partial charge on any atom is -0.316 e. The summed E-state index contributed by atoms with van der Waals surface area (Å²) in [6.07, 6.45) is -2.90. The SMILES string of the molecule is O=S(=O)(NCCC1CCNC1)c1ccc(C(F)(F)F)cc1Cl. The molecule has 124 valence electrons. The number of alkyl halides is 3. The Hall–Kier alpha value is -0.830. The van der Waals surface area contributed by atoms with Crippen LogP contribution in [0, 0.1) is 5.92 Å². The zero-order valence-corrected chi connectivity index (χ0v) is 13.2. The van der Waals surface area contributed by atoms with Gasteiger partial charge in [0.05, 0.1) is 10.6 Å². The Kier molecular flexibility index (Phi) is 5.37. The molecule has 1 heterocycles. The average Bonchev–Trinajstić information content (AvgIpc) is 2.90. The molecule has 0 radical (unpaired) electrons. The Bertz CT molecular complexity index is 629. The minimum absolute atomic E-state index is 0.228. The summed E-state index contributed by atoms with van der Waals surface area (Å²) in [5.74, 6) is 0.408. The molecule has 1 aromatic rings. The summed E-state index contributed by atoms with van der Waals surface area (Å²) in [6.45, 7) is 2.00. The molecule has 1 atom stereocenters. The van der Waals surface area contributed by atoms with Crippen molar-refractivity contribution in [3.63, 3.8) is 0 Å². The second-order valence-electron chi connectivity index (χ2n) is 5.19. The van der Waals surface area contributed by atoms with Gasteiger partial charge in [0.25, 0.3) is 0 Å². The van der Waals surface area contributed by atoms with Crippen molar-refractivity contribution in [1.29, 1.82) is 0 Å². The van der Waals surface area contributed by atoms with Gasteiger partial charge >= 0.3 is 6.18 Å². The maximum absolute atomic E-state index is 12.5. The van der Waals surface area contributed by atoms with Crippen molar-refractivity contribution < 1.29 is 21.6 Å². The Labute approximate surface area is 132 Å². The van der Waals surface area contributed by atoms with E-state index in [1.807, 2.05) is 0 Å². The summed E-state index contributed by atoms with van der Waals surface area (Å²) < 4.78 is 64.2. The van der Waals surface area contributed by atoms with Crippen molar-refractivity contribution in [1.82, 2.24) is 10.0 Å². The van der Waals surface area contributed by atoms with Crippen LogP contribution in [0.2, 0.25) is 5.02 Å². The topological polar surface area (TPSA) is 58.2 Å². The lowest BCUT2D eigenvalue weighted by Crippen LogP contribution is -2.27. The minimum atomic E-state index is -4.56. The molecule has 2 N–H and O–H groups in total. The average molecular weight is 357 g/mol. The molecule has 1 aliphatic heterocycles. The van der Waals surface area contributed by atoms with Crippen molar-refractivity contribution in [2.75, 3.05) is 19.6 Å². The summed E-state index contributed by atoms with van der Waals surface area (Å²) in [6, 6.07) is 2.21. The van der Waals surface area contributed by atoms with Crippen LogP contribution in [0.4, 0.5) is 13.2 Å². The van der Waals surface area contributed by atoms with Gasteiger partial charge in [0.1, 0.15) is 4.90 Å². The van der Waals surface area contributed by atoms with Gasteiger partial charge in [-0.15, -0.1) is 0 Å². The zero-order chi connectivity index (χ0) is 16.4. The van der Waals surface area contributed by atoms with Gasteiger partial charge in [-0.25, -0.2) is 13.1 Å². The molecule has 0 amide bonds. The van der Waals surface area contributed by atoms with Gasteiger partial charge in [-0.2, -0.15) is 13.2 Å². The molecule has 0 saturated carbocycles. The van der Waals surface area contributed by atoms with Gasteiger partial charge in [-0.1, -0.05) is 11.6 Å². The van der Waals surface area contributed by atoms with E-state index in [4.69, 9.17) is 11.6 Å². The van der Waals surface area contributed by atoms with Crippen LogP contribution in [0.1, 0.15) is 18.4 Å². The highest BCUT2D eigenvalue weighted by Crippen LogP contribution is 2.33. The first-order valence-electron chi connectivity index (χ1n) is 6.77. The summed E-state index contributed by atoms with van der Waals surface area (Å²) in [4.78, 5) is -0.341. The lowest BCUT2D eigenvalue weighted by atomic mass is 10.1. The Morgan fingerprint density at radius 2 is 2.09 bits per heavy atom. The standard InChI is InChI=1S/C13H16ClF3N2O2S/c14-11-7-10(13(15,16)17)1-2-12(11)22(20,21)19-6-4-9-3-5-18-8-9/h1-2,7,9,18-19H,3-6,8H2. The molecular formula is C13H16ClF3N2O2S. The van der Waals surface area contributed by atoms with Crippen molar-refractivity contribution in [3.05, 3.63) is 28.8 Å². The number of hydrogen-bond donors (Lipinski definition) is 2. The van der Waals surface area contributed by atoms with Crippen LogP contribution in [0.15, 0.2) is 23.1 Å². The van der Waals surface area contributed by atoms with Crippen molar-refractivity contribution >= 4 is 21.6 Å². The Morgan fingerprint density at radius 3 is 2.64 bits per heavy atom. The molecule has 9 heteroatoms. The van der Waals surface area contributed by atoms with Crippen LogP contribution in [0.25, 0.3) is 0 Å². The van der Waals surface area contributed by atoms with E-state index in [9.17, 15) is 21.6 Å². The van der Waals surface area contributed by atoms with E-state index in [0.29, 0.717) is 24.5 Å². The third-order valence-corrected chi connectivity index (χ3v) is 5.50. The predicted molar refractivity (Wildman–Crippen MR) is 77.2 cm³/mol. The van der Waals surface area contributed by atoms with Gasteiger partial charge in [0.2, 0.25) is 10.0 Å². The van der Waals surface area contributed by atoms with Crippen LogP contribution in [0.5, 0.6) is 0 Å². The molecule has 1 aromatic carbocycles. The zero-order valence-electron chi connectivity index (χ0n) is 11.6. The number of nitrogens with one attached hydrogen (secondary N) is 2. The number of halogens is 4. The maximum Gasteiger partial charge on any atom is 0.416 e.